The highest BCUT2D eigenvalue weighted by molar-refractivity contribution is 8.13. The van der Waals surface area contributed by atoms with Gasteiger partial charge >= 0.3 is 0 Å². The van der Waals surface area contributed by atoms with Gasteiger partial charge in [-0.15, -0.1) is 0 Å². The van der Waals surface area contributed by atoms with Crippen LogP contribution in [0.1, 0.15) is 41.0 Å². The first kappa shape index (κ1) is 16.2. The number of carbonyl (C=O) groups is 1. The number of thioether (sulfide) groups is 1. The van der Waals surface area contributed by atoms with Crippen molar-refractivity contribution in [2.24, 2.45) is 0 Å². The molecule has 0 rings (SSSR count). The van der Waals surface area contributed by atoms with Gasteiger partial charge in [0.25, 0.3) is 0 Å². The van der Waals surface area contributed by atoms with E-state index in [4.69, 9.17) is 4.43 Å². The van der Waals surface area contributed by atoms with Crippen LogP contribution in [0.15, 0.2) is 0 Å². The summed E-state index contributed by atoms with van der Waals surface area (Å²) in [5.74, 6) is 0.853. The summed E-state index contributed by atoms with van der Waals surface area (Å²) in [6, 6.07) is 0. The lowest BCUT2D eigenvalue weighted by molar-refractivity contribution is -0.112. The lowest BCUT2D eigenvalue weighted by atomic mass is 10.2. The SMILES string of the molecule is CCSC(=O)CC(C)O[Si](C)(C)C(C)(C)C. The van der Waals surface area contributed by atoms with Gasteiger partial charge < -0.3 is 4.43 Å². The third-order valence-corrected chi connectivity index (χ3v) is 8.44. The molecule has 0 N–H and O–H groups in total. The molecule has 96 valence electrons. The second-order valence-electron chi connectivity index (χ2n) is 5.70. The van der Waals surface area contributed by atoms with E-state index < -0.39 is 8.32 Å². The normalized spacial score (nSPS) is 14.9. The Morgan fingerprint density at radius 1 is 1.38 bits per heavy atom. The summed E-state index contributed by atoms with van der Waals surface area (Å²) in [6.45, 7) is 15.1. The molecule has 0 bridgehead atoms. The maximum absolute atomic E-state index is 11.5. The summed E-state index contributed by atoms with van der Waals surface area (Å²) in [4.78, 5) is 11.5. The maximum atomic E-state index is 11.5. The molecule has 0 amide bonds. The Balaban J connectivity index is 4.24. The smallest absolute Gasteiger partial charge is 0.192 e. The molecule has 0 aromatic rings. The summed E-state index contributed by atoms with van der Waals surface area (Å²) >= 11 is 1.39. The zero-order chi connectivity index (χ0) is 13.0. The Morgan fingerprint density at radius 3 is 2.25 bits per heavy atom. The second kappa shape index (κ2) is 6.22. The van der Waals surface area contributed by atoms with Crippen LogP contribution >= 0.6 is 11.8 Å². The van der Waals surface area contributed by atoms with E-state index >= 15 is 0 Å². The van der Waals surface area contributed by atoms with Crippen molar-refractivity contribution in [2.45, 2.75) is 65.3 Å². The molecule has 0 fully saturated rings. The molecule has 0 aliphatic rings. The van der Waals surface area contributed by atoms with E-state index in [0.29, 0.717) is 6.42 Å². The zero-order valence-corrected chi connectivity index (χ0v) is 13.5. The van der Waals surface area contributed by atoms with Gasteiger partial charge in [-0.3, -0.25) is 4.79 Å². The Bertz CT molecular complexity index is 234. The highest BCUT2D eigenvalue weighted by Crippen LogP contribution is 2.37. The highest BCUT2D eigenvalue weighted by Gasteiger charge is 2.38. The van der Waals surface area contributed by atoms with Crippen LogP contribution in [0.25, 0.3) is 0 Å². The molecule has 1 atom stereocenters. The van der Waals surface area contributed by atoms with Crippen LogP contribution in [0, 0.1) is 0 Å². The van der Waals surface area contributed by atoms with E-state index in [2.05, 4.69) is 33.9 Å². The van der Waals surface area contributed by atoms with E-state index in [1.165, 1.54) is 11.8 Å². The van der Waals surface area contributed by atoms with Crippen LogP contribution in [0.5, 0.6) is 0 Å². The molecule has 0 aliphatic heterocycles. The van der Waals surface area contributed by atoms with E-state index in [1.807, 2.05) is 13.8 Å². The van der Waals surface area contributed by atoms with Crippen molar-refractivity contribution >= 4 is 25.2 Å². The van der Waals surface area contributed by atoms with Crippen molar-refractivity contribution in [1.82, 2.24) is 0 Å². The van der Waals surface area contributed by atoms with Gasteiger partial charge in [-0.05, 0) is 30.8 Å². The minimum absolute atomic E-state index is 0.0486. The summed E-state index contributed by atoms with van der Waals surface area (Å²) in [5.41, 5.74) is 0. The monoisotopic (exact) mass is 262 g/mol. The molecule has 16 heavy (non-hydrogen) atoms. The summed E-state index contributed by atoms with van der Waals surface area (Å²) in [5, 5.41) is 0.455. The zero-order valence-electron chi connectivity index (χ0n) is 11.7. The summed E-state index contributed by atoms with van der Waals surface area (Å²) in [6.07, 6.45) is 0.581. The minimum Gasteiger partial charge on any atom is -0.414 e. The van der Waals surface area contributed by atoms with Crippen LogP contribution in [0.2, 0.25) is 18.1 Å². The van der Waals surface area contributed by atoms with Crippen LogP contribution in [0.3, 0.4) is 0 Å². The van der Waals surface area contributed by atoms with Gasteiger partial charge in [0.1, 0.15) is 0 Å². The molecule has 4 heteroatoms. The maximum Gasteiger partial charge on any atom is 0.192 e. The van der Waals surface area contributed by atoms with E-state index in [0.717, 1.165) is 5.75 Å². The van der Waals surface area contributed by atoms with Crippen LogP contribution < -0.4 is 0 Å². The third-order valence-electron chi connectivity index (χ3n) is 3.06. The summed E-state index contributed by atoms with van der Waals surface area (Å²) in [7, 11) is -1.72. The molecule has 1 unspecified atom stereocenters. The molecule has 0 aliphatic carbocycles. The van der Waals surface area contributed by atoms with E-state index in [-0.39, 0.29) is 16.3 Å². The fraction of sp³-hybridized carbons (Fsp3) is 0.917. The van der Waals surface area contributed by atoms with E-state index in [1.54, 1.807) is 0 Å². The quantitative estimate of drug-likeness (QED) is 0.699. The first-order valence-electron chi connectivity index (χ1n) is 5.93. The largest absolute Gasteiger partial charge is 0.414 e. The Labute approximate surface area is 106 Å². The molecular formula is C12H26O2SSi. The average molecular weight is 262 g/mol. The van der Waals surface area contributed by atoms with Crippen molar-refractivity contribution in [1.29, 1.82) is 0 Å². The lowest BCUT2D eigenvalue weighted by Gasteiger charge is -2.38. The van der Waals surface area contributed by atoms with Crippen LogP contribution in [-0.2, 0) is 9.22 Å². The Hall–Kier alpha value is 0.197. The number of carbonyl (C=O) groups excluding carboxylic acids is 1. The fourth-order valence-corrected chi connectivity index (χ4v) is 3.29. The molecule has 0 radical (unpaired) electrons. The highest BCUT2D eigenvalue weighted by atomic mass is 32.2. The van der Waals surface area contributed by atoms with Gasteiger partial charge in [0.15, 0.2) is 13.4 Å². The predicted octanol–water partition coefficient (Wildman–Crippen LogP) is 4.07. The molecule has 0 aromatic carbocycles. The first-order chi connectivity index (χ1) is 7.10. The van der Waals surface area contributed by atoms with Crippen molar-refractivity contribution in [3.8, 4) is 0 Å². The van der Waals surface area contributed by atoms with Crippen molar-refractivity contribution in [3.63, 3.8) is 0 Å². The average Bonchev–Trinajstić information content (AvgIpc) is 1.99. The summed E-state index contributed by atoms with van der Waals surface area (Å²) < 4.78 is 6.12. The molecule has 0 saturated heterocycles. The van der Waals surface area contributed by atoms with Crippen LogP contribution in [-0.4, -0.2) is 25.3 Å². The lowest BCUT2D eigenvalue weighted by Crippen LogP contribution is -2.43. The van der Waals surface area contributed by atoms with Gasteiger partial charge in [-0.1, -0.05) is 39.5 Å². The van der Waals surface area contributed by atoms with Crippen molar-refractivity contribution < 1.29 is 9.22 Å². The molecule has 0 saturated carbocycles. The first-order valence-corrected chi connectivity index (χ1v) is 9.83. The van der Waals surface area contributed by atoms with Gasteiger partial charge in [-0.2, -0.15) is 0 Å². The number of hydrogen-bond acceptors (Lipinski definition) is 3. The topological polar surface area (TPSA) is 26.3 Å². The molecule has 2 nitrogen and oxygen atoms in total. The van der Waals surface area contributed by atoms with Gasteiger partial charge in [0, 0.05) is 12.5 Å². The van der Waals surface area contributed by atoms with Gasteiger partial charge in [0.05, 0.1) is 0 Å². The van der Waals surface area contributed by atoms with Crippen molar-refractivity contribution in [3.05, 3.63) is 0 Å². The van der Waals surface area contributed by atoms with Gasteiger partial charge in [0.2, 0.25) is 0 Å². The predicted molar refractivity (Wildman–Crippen MR) is 75.5 cm³/mol. The number of rotatable bonds is 5. The molecular weight excluding hydrogens is 236 g/mol. The van der Waals surface area contributed by atoms with Crippen molar-refractivity contribution in [2.75, 3.05) is 5.75 Å². The fourth-order valence-electron chi connectivity index (χ4n) is 1.18. The molecule has 0 heterocycles. The molecule has 0 spiro atoms. The molecule has 0 aromatic heterocycles. The number of hydrogen-bond donors (Lipinski definition) is 0. The second-order valence-corrected chi connectivity index (χ2v) is 11.8. The minimum atomic E-state index is -1.72. The van der Waals surface area contributed by atoms with E-state index in [9.17, 15) is 4.79 Å². The Kier molecular flexibility index (Phi) is 6.29. The van der Waals surface area contributed by atoms with Gasteiger partial charge in [-0.25, -0.2) is 0 Å². The van der Waals surface area contributed by atoms with Crippen LogP contribution in [0.4, 0.5) is 0 Å². The standard InChI is InChI=1S/C12H26O2SSi/c1-8-15-11(13)9-10(2)14-16(6,7)12(3,4)5/h10H,8-9H2,1-7H3. The Morgan fingerprint density at radius 2 is 1.88 bits per heavy atom. The third kappa shape index (κ3) is 5.50.